The predicted molar refractivity (Wildman–Crippen MR) is 60.9 cm³/mol. The Morgan fingerprint density at radius 2 is 2.20 bits per heavy atom. The minimum atomic E-state index is -0.300. The molecule has 1 aromatic rings. The zero-order chi connectivity index (χ0) is 11.3. The number of benzene rings is 1. The van der Waals surface area contributed by atoms with Crippen molar-refractivity contribution in [3.63, 3.8) is 0 Å². The Bertz CT molecular complexity index is 416. The quantitative estimate of drug-likeness (QED) is 0.351. The normalized spacial score (nSPS) is 11.2. The van der Waals surface area contributed by atoms with Crippen LogP contribution in [0.4, 0.5) is 5.69 Å². The van der Waals surface area contributed by atoms with E-state index in [9.17, 15) is 9.70 Å². The lowest BCUT2D eigenvalue weighted by molar-refractivity contribution is 0.104. The third-order valence-electron chi connectivity index (χ3n) is 1.65. The number of hydrogen-bond acceptors (Lipinski definition) is 3. The molecule has 0 aliphatic heterocycles. The van der Waals surface area contributed by atoms with Crippen LogP contribution in [0.15, 0.2) is 40.6 Å². The summed E-state index contributed by atoms with van der Waals surface area (Å²) in [6.07, 6.45) is 1.22. The van der Waals surface area contributed by atoms with E-state index in [1.807, 2.05) is 0 Å². The van der Waals surface area contributed by atoms with Gasteiger partial charge in [0.05, 0.1) is 5.88 Å². The number of carbonyl (C=O) groups excluding carboxylic acids is 1. The summed E-state index contributed by atoms with van der Waals surface area (Å²) < 4.78 is 0. The molecule has 0 spiro atoms. The van der Waals surface area contributed by atoms with E-state index in [4.69, 9.17) is 23.2 Å². The van der Waals surface area contributed by atoms with E-state index >= 15 is 0 Å². The molecule has 0 heterocycles. The van der Waals surface area contributed by atoms with Crippen molar-refractivity contribution in [1.29, 1.82) is 0 Å². The van der Waals surface area contributed by atoms with Gasteiger partial charge in [-0.05, 0) is 17.3 Å². The molecule has 0 bridgehead atoms. The molecule has 0 saturated heterocycles. The van der Waals surface area contributed by atoms with E-state index in [0.29, 0.717) is 5.56 Å². The van der Waals surface area contributed by atoms with E-state index in [1.165, 1.54) is 18.2 Å². The molecule has 0 radical (unpaired) electrons. The highest BCUT2D eigenvalue weighted by atomic mass is 35.5. The van der Waals surface area contributed by atoms with Crippen LogP contribution in [-0.4, -0.2) is 11.7 Å². The fourth-order valence-electron chi connectivity index (χ4n) is 0.980. The Kier molecular flexibility index (Phi) is 4.46. The van der Waals surface area contributed by atoms with Gasteiger partial charge >= 0.3 is 0 Å². The Labute approximate surface area is 96.7 Å². The molecule has 0 amide bonds. The summed E-state index contributed by atoms with van der Waals surface area (Å²) in [6, 6.07) is 6.05. The van der Waals surface area contributed by atoms with Crippen molar-refractivity contribution in [3.8, 4) is 0 Å². The second-order valence-corrected chi connectivity index (χ2v) is 3.48. The zero-order valence-corrected chi connectivity index (χ0v) is 9.13. The lowest BCUT2D eigenvalue weighted by atomic mass is 10.1. The average molecular weight is 244 g/mol. The van der Waals surface area contributed by atoms with Crippen molar-refractivity contribution in [2.75, 3.05) is 5.88 Å². The fourth-order valence-corrected chi connectivity index (χ4v) is 1.16. The van der Waals surface area contributed by atoms with Crippen molar-refractivity contribution >= 4 is 34.7 Å². The van der Waals surface area contributed by atoms with Gasteiger partial charge in [0.2, 0.25) is 0 Å². The summed E-state index contributed by atoms with van der Waals surface area (Å²) >= 11 is 11.0. The summed E-state index contributed by atoms with van der Waals surface area (Å²) in [5.41, 5.74) is 0.562. The molecule has 3 nitrogen and oxygen atoms in total. The molecule has 0 saturated carbocycles. The molecular formula is C10H7Cl2NO2. The van der Waals surface area contributed by atoms with Gasteiger partial charge < -0.3 is 0 Å². The van der Waals surface area contributed by atoms with Crippen molar-refractivity contribution in [2.24, 2.45) is 5.18 Å². The standard InChI is InChI=1S/C10H7Cl2NO2/c11-6-8(12)5-10(14)7-2-1-3-9(4-7)13-15/h1-5H,6H2/b8-5+. The Morgan fingerprint density at radius 1 is 1.47 bits per heavy atom. The number of rotatable bonds is 4. The van der Waals surface area contributed by atoms with Gasteiger partial charge in [0.15, 0.2) is 5.78 Å². The third-order valence-corrected chi connectivity index (χ3v) is 2.32. The summed E-state index contributed by atoms with van der Waals surface area (Å²) in [6.45, 7) is 0. The lowest BCUT2D eigenvalue weighted by Gasteiger charge is -1.96. The van der Waals surface area contributed by atoms with Crippen LogP contribution in [0.1, 0.15) is 10.4 Å². The van der Waals surface area contributed by atoms with Gasteiger partial charge in [0.25, 0.3) is 0 Å². The number of nitrogens with zero attached hydrogens (tertiary/aromatic N) is 1. The number of carbonyl (C=O) groups is 1. The minimum absolute atomic E-state index is 0.0823. The monoisotopic (exact) mass is 243 g/mol. The van der Waals surface area contributed by atoms with Gasteiger partial charge in [-0.15, -0.1) is 16.5 Å². The third kappa shape index (κ3) is 3.46. The number of nitroso groups, excluding NO2 is 1. The zero-order valence-electron chi connectivity index (χ0n) is 7.61. The molecule has 1 aromatic carbocycles. The highest BCUT2D eigenvalue weighted by molar-refractivity contribution is 6.37. The molecular weight excluding hydrogens is 237 g/mol. The van der Waals surface area contributed by atoms with E-state index in [1.54, 1.807) is 12.1 Å². The number of allylic oxidation sites excluding steroid dienone is 2. The first kappa shape index (κ1) is 11.9. The predicted octanol–water partition coefficient (Wildman–Crippen LogP) is 3.63. The summed E-state index contributed by atoms with van der Waals surface area (Å²) in [5.74, 6) is -0.218. The van der Waals surface area contributed by atoms with Crippen molar-refractivity contribution in [3.05, 3.63) is 45.8 Å². The van der Waals surface area contributed by atoms with E-state index < -0.39 is 0 Å². The molecule has 0 aliphatic rings. The van der Waals surface area contributed by atoms with Gasteiger partial charge in [0, 0.05) is 16.7 Å². The minimum Gasteiger partial charge on any atom is -0.289 e. The second kappa shape index (κ2) is 5.63. The van der Waals surface area contributed by atoms with Gasteiger partial charge in [-0.1, -0.05) is 23.7 Å². The molecule has 5 heteroatoms. The van der Waals surface area contributed by atoms with Crippen LogP contribution >= 0.6 is 23.2 Å². The Balaban J connectivity index is 2.96. The maximum absolute atomic E-state index is 11.5. The van der Waals surface area contributed by atoms with Crippen LogP contribution in [0.5, 0.6) is 0 Å². The van der Waals surface area contributed by atoms with Crippen molar-refractivity contribution in [1.82, 2.24) is 0 Å². The van der Waals surface area contributed by atoms with E-state index in [-0.39, 0.29) is 22.4 Å². The molecule has 15 heavy (non-hydrogen) atoms. The number of hydrogen-bond donors (Lipinski definition) is 0. The first-order chi connectivity index (χ1) is 7.17. The average Bonchev–Trinajstić information content (AvgIpc) is 2.28. The Morgan fingerprint density at radius 3 is 2.80 bits per heavy atom. The van der Waals surface area contributed by atoms with Crippen molar-refractivity contribution < 1.29 is 4.79 Å². The summed E-state index contributed by atoms with van der Waals surface area (Å²) in [5, 5.41) is 2.99. The number of ketones is 1. The molecule has 1 rings (SSSR count). The number of halogens is 2. The molecule has 0 fully saturated rings. The molecule has 0 atom stereocenters. The van der Waals surface area contributed by atoms with Crippen LogP contribution in [0.3, 0.4) is 0 Å². The van der Waals surface area contributed by atoms with Gasteiger partial charge in [0.1, 0.15) is 5.69 Å². The fraction of sp³-hybridized carbons (Fsp3) is 0.100. The van der Waals surface area contributed by atoms with E-state index in [2.05, 4.69) is 5.18 Å². The SMILES string of the molecule is O=Nc1cccc(C(=O)/C=C(/Cl)CCl)c1. The smallest absolute Gasteiger partial charge is 0.187 e. The summed E-state index contributed by atoms with van der Waals surface area (Å²) in [7, 11) is 0. The van der Waals surface area contributed by atoms with Gasteiger partial charge in [-0.2, -0.15) is 0 Å². The molecule has 0 aromatic heterocycles. The molecule has 0 N–H and O–H groups in total. The van der Waals surface area contributed by atoms with E-state index in [0.717, 1.165) is 0 Å². The lowest BCUT2D eigenvalue weighted by Crippen LogP contribution is -1.94. The van der Waals surface area contributed by atoms with Crippen LogP contribution < -0.4 is 0 Å². The van der Waals surface area contributed by atoms with Gasteiger partial charge in [-0.25, -0.2) is 0 Å². The highest BCUT2D eigenvalue weighted by Gasteiger charge is 2.04. The molecule has 0 unspecified atom stereocenters. The molecule has 0 aliphatic carbocycles. The maximum atomic E-state index is 11.5. The Hall–Kier alpha value is -1.19. The maximum Gasteiger partial charge on any atom is 0.187 e. The first-order valence-electron chi connectivity index (χ1n) is 4.07. The first-order valence-corrected chi connectivity index (χ1v) is 4.98. The topological polar surface area (TPSA) is 46.5 Å². The highest BCUT2D eigenvalue weighted by Crippen LogP contribution is 2.15. The second-order valence-electron chi connectivity index (χ2n) is 2.73. The van der Waals surface area contributed by atoms with Crippen LogP contribution in [0.2, 0.25) is 0 Å². The number of alkyl halides is 1. The van der Waals surface area contributed by atoms with Gasteiger partial charge in [-0.3, -0.25) is 4.79 Å². The van der Waals surface area contributed by atoms with Crippen LogP contribution in [-0.2, 0) is 0 Å². The largest absolute Gasteiger partial charge is 0.289 e. The molecule has 78 valence electrons. The van der Waals surface area contributed by atoms with Crippen LogP contribution in [0, 0.1) is 4.91 Å². The van der Waals surface area contributed by atoms with Crippen LogP contribution in [0.25, 0.3) is 0 Å². The van der Waals surface area contributed by atoms with Crippen molar-refractivity contribution in [2.45, 2.75) is 0 Å². The summed E-state index contributed by atoms with van der Waals surface area (Å²) in [4.78, 5) is 21.8.